The van der Waals surface area contributed by atoms with E-state index in [1.54, 1.807) is 0 Å². The first-order valence-electron chi connectivity index (χ1n) is 5.35. The molecule has 2 unspecified atom stereocenters. The third kappa shape index (κ3) is 4.65. The van der Waals surface area contributed by atoms with Gasteiger partial charge in [-0.15, -0.1) is 0 Å². The summed E-state index contributed by atoms with van der Waals surface area (Å²) in [6, 6.07) is 0. The molecule has 2 atom stereocenters. The zero-order valence-corrected chi connectivity index (χ0v) is 10.8. The van der Waals surface area contributed by atoms with Gasteiger partial charge < -0.3 is 0 Å². The molecule has 0 amide bonds. The standard InChI is InChI=1S/C10H21NOTe/c1-2-4-9-7-10(5-3-6-11)13-12-8-9/h9-10H,2-8,11H2,1H3. The molecule has 0 aliphatic carbocycles. The molecule has 0 aromatic heterocycles. The quantitative estimate of drug-likeness (QED) is 0.788. The Morgan fingerprint density at radius 2 is 2.31 bits per heavy atom. The molecule has 0 spiro atoms. The maximum absolute atomic E-state index is 5.73. The molecule has 78 valence electrons. The average Bonchev–Trinajstić information content (AvgIpc) is 2.16. The van der Waals surface area contributed by atoms with Crippen LogP contribution < -0.4 is 5.73 Å². The van der Waals surface area contributed by atoms with Crippen LogP contribution in [0, 0.1) is 5.92 Å². The minimum atomic E-state index is -0.127. The second kappa shape index (κ2) is 7.06. The molecule has 0 aromatic carbocycles. The molecule has 2 N–H and O–H groups in total. The summed E-state index contributed by atoms with van der Waals surface area (Å²) in [5.74, 6) is 0.853. The third-order valence-electron chi connectivity index (χ3n) is 2.53. The van der Waals surface area contributed by atoms with Gasteiger partial charge in [0.2, 0.25) is 0 Å². The van der Waals surface area contributed by atoms with Crippen LogP contribution in [0.4, 0.5) is 0 Å². The fourth-order valence-electron chi connectivity index (χ4n) is 1.83. The Morgan fingerprint density at radius 1 is 1.46 bits per heavy atom. The number of hydrogen-bond acceptors (Lipinski definition) is 2. The molecule has 1 rings (SSSR count). The SMILES string of the molecule is CCCC1CO[Te]C(CCCN)C1. The van der Waals surface area contributed by atoms with Crippen LogP contribution in [0.5, 0.6) is 0 Å². The van der Waals surface area contributed by atoms with Gasteiger partial charge >= 0.3 is 92.2 Å². The van der Waals surface area contributed by atoms with Crippen LogP contribution in [-0.4, -0.2) is 34.5 Å². The van der Waals surface area contributed by atoms with Crippen molar-refractivity contribution in [3.05, 3.63) is 0 Å². The summed E-state index contributed by atoms with van der Waals surface area (Å²) in [5.41, 5.74) is 5.51. The zero-order valence-electron chi connectivity index (χ0n) is 8.50. The Balaban J connectivity index is 2.16. The molecule has 3 heteroatoms. The van der Waals surface area contributed by atoms with Gasteiger partial charge in [-0.05, 0) is 0 Å². The monoisotopic (exact) mass is 301 g/mol. The summed E-state index contributed by atoms with van der Waals surface area (Å²) < 4.78 is 6.65. The fourth-order valence-corrected chi connectivity index (χ4v) is 4.91. The van der Waals surface area contributed by atoms with Crippen LogP contribution >= 0.6 is 0 Å². The van der Waals surface area contributed by atoms with Gasteiger partial charge in [-0.25, -0.2) is 0 Å². The Labute approximate surface area is 92.2 Å². The van der Waals surface area contributed by atoms with E-state index in [1.807, 2.05) is 0 Å². The fraction of sp³-hybridized carbons (Fsp3) is 1.00. The molecule has 0 aromatic rings. The van der Waals surface area contributed by atoms with Crippen molar-refractivity contribution < 1.29 is 3.10 Å². The second-order valence-corrected chi connectivity index (χ2v) is 6.95. The van der Waals surface area contributed by atoms with Crippen molar-refractivity contribution >= 4 is 21.3 Å². The molecule has 2 nitrogen and oxygen atoms in total. The van der Waals surface area contributed by atoms with Gasteiger partial charge in [0.25, 0.3) is 0 Å². The van der Waals surface area contributed by atoms with Crippen molar-refractivity contribution in [3.63, 3.8) is 0 Å². The van der Waals surface area contributed by atoms with Crippen LogP contribution in [0.2, 0.25) is 3.97 Å². The van der Waals surface area contributed by atoms with E-state index in [-0.39, 0.29) is 21.3 Å². The van der Waals surface area contributed by atoms with E-state index in [9.17, 15) is 0 Å². The van der Waals surface area contributed by atoms with E-state index >= 15 is 0 Å². The summed E-state index contributed by atoms with van der Waals surface area (Å²) in [5, 5.41) is 0. The summed E-state index contributed by atoms with van der Waals surface area (Å²) in [6.07, 6.45) is 6.59. The van der Waals surface area contributed by atoms with E-state index in [0.29, 0.717) is 0 Å². The van der Waals surface area contributed by atoms with Crippen molar-refractivity contribution in [1.82, 2.24) is 0 Å². The summed E-state index contributed by atoms with van der Waals surface area (Å²) in [4.78, 5) is 0. The molecule has 1 aliphatic heterocycles. The molecule has 1 saturated heterocycles. The molecule has 0 bridgehead atoms. The van der Waals surface area contributed by atoms with Crippen molar-refractivity contribution in [3.8, 4) is 0 Å². The van der Waals surface area contributed by atoms with Crippen LogP contribution in [0.1, 0.15) is 39.0 Å². The van der Waals surface area contributed by atoms with E-state index < -0.39 is 0 Å². The molecule has 0 saturated carbocycles. The van der Waals surface area contributed by atoms with E-state index in [4.69, 9.17) is 8.83 Å². The second-order valence-electron chi connectivity index (χ2n) is 3.82. The predicted molar refractivity (Wildman–Crippen MR) is 56.8 cm³/mol. The summed E-state index contributed by atoms with van der Waals surface area (Å²) in [7, 11) is 0. The first-order valence-corrected chi connectivity index (χ1v) is 7.64. The zero-order chi connectivity index (χ0) is 9.52. The van der Waals surface area contributed by atoms with Crippen LogP contribution in [0.15, 0.2) is 0 Å². The third-order valence-corrected chi connectivity index (χ3v) is 5.31. The molecule has 0 radical (unpaired) electrons. The number of rotatable bonds is 5. The Hall–Kier alpha value is 0.710. The van der Waals surface area contributed by atoms with Gasteiger partial charge in [0.05, 0.1) is 0 Å². The average molecular weight is 299 g/mol. The van der Waals surface area contributed by atoms with Gasteiger partial charge in [0, 0.05) is 0 Å². The summed E-state index contributed by atoms with van der Waals surface area (Å²) >= 11 is -0.127. The normalized spacial score (nSPS) is 29.1. The van der Waals surface area contributed by atoms with Crippen LogP contribution in [-0.2, 0) is 3.10 Å². The predicted octanol–water partition coefficient (Wildman–Crippen LogP) is 1.97. The van der Waals surface area contributed by atoms with Gasteiger partial charge in [-0.1, -0.05) is 0 Å². The van der Waals surface area contributed by atoms with Crippen molar-refractivity contribution in [2.45, 2.75) is 43.0 Å². The van der Waals surface area contributed by atoms with E-state index in [2.05, 4.69) is 6.92 Å². The van der Waals surface area contributed by atoms with Gasteiger partial charge in [0.15, 0.2) is 0 Å². The van der Waals surface area contributed by atoms with Crippen LogP contribution in [0.25, 0.3) is 0 Å². The Kier molecular flexibility index (Phi) is 6.40. The molecule has 1 heterocycles. The Morgan fingerprint density at radius 3 is 3.00 bits per heavy atom. The molecule has 13 heavy (non-hydrogen) atoms. The molecule has 1 fully saturated rings. The van der Waals surface area contributed by atoms with Gasteiger partial charge in [0.1, 0.15) is 0 Å². The number of hydrogen-bond donors (Lipinski definition) is 1. The van der Waals surface area contributed by atoms with E-state index in [0.717, 1.165) is 23.0 Å². The number of nitrogens with two attached hydrogens (primary N) is 1. The first-order chi connectivity index (χ1) is 6.36. The van der Waals surface area contributed by atoms with Crippen LogP contribution in [0.3, 0.4) is 0 Å². The topological polar surface area (TPSA) is 35.2 Å². The summed E-state index contributed by atoms with van der Waals surface area (Å²) in [6.45, 7) is 4.16. The van der Waals surface area contributed by atoms with E-state index in [1.165, 1.54) is 32.1 Å². The van der Waals surface area contributed by atoms with Crippen molar-refractivity contribution in [2.75, 3.05) is 13.2 Å². The molecule has 1 aliphatic rings. The van der Waals surface area contributed by atoms with Gasteiger partial charge in [-0.3, -0.25) is 0 Å². The van der Waals surface area contributed by atoms with Crippen molar-refractivity contribution in [1.29, 1.82) is 0 Å². The molecular weight excluding hydrogens is 278 g/mol. The van der Waals surface area contributed by atoms with Gasteiger partial charge in [-0.2, -0.15) is 0 Å². The maximum atomic E-state index is 5.73. The first kappa shape index (κ1) is 11.8. The Bertz CT molecular complexity index is 130. The van der Waals surface area contributed by atoms with Crippen molar-refractivity contribution in [2.24, 2.45) is 11.7 Å². The minimum absolute atomic E-state index is 0.127. The molecular formula is C10H21NOTe.